The van der Waals surface area contributed by atoms with E-state index in [9.17, 15) is 4.79 Å². The number of nitrogens with zero attached hydrogens (tertiary/aromatic N) is 1. The van der Waals surface area contributed by atoms with Gasteiger partial charge in [0.2, 0.25) is 5.91 Å². The fraction of sp³-hybridized carbons (Fsp3) is 0.462. The third-order valence-corrected chi connectivity index (χ3v) is 3.65. The first-order valence-corrected chi connectivity index (χ1v) is 7.19. The zero-order valence-corrected chi connectivity index (χ0v) is 13.8. The number of ether oxygens (including phenoxy) is 1. The molecule has 0 aromatic carbocycles. The fourth-order valence-electron chi connectivity index (χ4n) is 1.52. The maximum Gasteiger partial charge on any atom is 0.237 e. The lowest BCUT2D eigenvalue weighted by atomic mass is 10.3. The molecule has 0 fully saturated rings. The molecule has 1 rings (SSSR count). The van der Waals surface area contributed by atoms with Crippen molar-refractivity contribution in [2.24, 2.45) is 0 Å². The third kappa shape index (κ3) is 7.26. The van der Waals surface area contributed by atoms with Crippen LogP contribution in [0.25, 0.3) is 0 Å². The SMILES string of the molecule is C=CCN(Cc1ccc(Cl)s1)C(=O)CNCCOC.Cl. The second kappa shape index (κ2) is 11.1. The lowest BCUT2D eigenvalue weighted by Gasteiger charge is -2.20. The summed E-state index contributed by atoms with van der Waals surface area (Å²) < 4.78 is 5.65. The van der Waals surface area contributed by atoms with E-state index in [1.807, 2.05) is 12.1 Å². The molecule has 0 saturated carbocycles. The Labute approximate surface area is 135 Å². The molecule has 7 heteroatoms. The molecule has 0 aliphatic carbocycles. The van der Waals surface area contributed by atoms with Crippen LogP contribution in [-0.4, -0.2) is 44.2 Å². The van der Waals surface area contributed by atoms with Gasteiger partial charge >= 0.3 is 0 Å². The summed E-state index contributed by atoms with van der Waals surface area (Å²) in [6.07, 6.45) is 1.72. The van der Waals surface area contributed by atoms with Crippen molar-refractivity contribution in [3.05, 3.63) is 34.0 Å². The van der Waals surface area contributed by atoms with Crippen LogP contribution in [0.1, 0.15) is 4.88 Å². The van der Waals surface area contributed by atoms with Crippen LogP contribution in [0.5, 0.6) is 0 Å². The Kier molecular flexibility index (Phi) is 10.8. The molecule has 0 bridgehead atoms. The number of hydrogen-bond donors (Lipinski definition) is 1. The van der Waals surface area contributed by atoms with Gasteiger partial charge in [-0.3, -0.25) is 4.79 Å². The maximum atomic E-state index is 12.1. The molecule has 1 heterocycles. The van der Waals surface area contributed by atoms with Crippen molar-refractivity contribution in [3.8, 4) is 0 Å². The second-order valence-corrected chi connectivity index (χ2v) is 5.74. The number of halogens is 2. The summed E-state index contributed by atoms with van der Waals surface area (Å²) in [5, 5.41) is 3.04. The minimum atomic E-state index is 0. The molecule has 0 radical (unpaired) electrons. The summed E-state index contributed by atoms with van der Waals surface area (Å²) in [6.45, 7) is 6.33. The predicted molar refractivity (Wildman–Crippen MR) is 86.9 cm³/mol. The third-order valence-electron chi connectivity index (χ3n) is 2.44. The van der Waals surface area contributed by atoms with Crippen LogP contribution >= 0.6 is 35.3 Å². The summed E-state index contributed by atoms with van der Waals surface area (Å²) in [4.78, 5) is 14.9. The number of rotatable bonds is 9. The average molecular weight is 339 g/mol. The van der Waals surface area contributed by atoms with Crippen LogP contribution in [0, 0.1) is 0 Å². The first kappa shape index (κ1) is 19.4. The normalized spacial score (nSPS) is 9.90. The van der Waals surface area contributed by atoms with Gasteiger partial charge in [0, 0.05) is 25.1 Å². The van der Waals surface area contributed by atoms with Gasteiger partial charge in [0.1, 0.15) is 0 Å². The number of carbonyl (C=O) groups is 1. The van der Waals surface area contributed by atoms with Crippen LogP contribution in [0.2, 0.25) is 4.34 Å². The van der Waals surface area contributed by atoms with Crippen molar-refractivity contribution >= 4 is 41.3 Å². The Morgan fingerprint density at radius 3 is 2.90 bits per heavy atom. The molecule has 1 amide bonds. The van der Waals surface area contributed by atoms with Crippen LogP contribution in [0.3, 0.4) is 0 Å². The van der Waals surface area contributed by atoms with Gasteiger partial charge in [-0.25, -0.2) is 0 Å². The van der Waals surface area contributed by atoms with Crippen molar-refractivity contribution in [3.63, 3.8) is 0 Å². The van der Waals surface area contributed by atoms with Crippen LogP contribution in [0.4, 0.5) is 0 Å². The van der Waals surface area contributed by atoms with E-state index in [4.69, 9.17) is 16.3 Å². The molecular formula is C13H20Cl2N2O2S. The lowest BCUT2D eigenvalue weighted by molar-refractivity contribution is -0.130. The highest BCUT2D eigenvalue weighted by molar-refractivity contribution is 7.16. The maximum absolute atomic E-state index is 12.1. The predicted octanol–water partition coefficient (Wildman–Crippen LogP) is 2.57. The minimum absolute atomic E-state index is 0. The molecule has 0 spiro atoms. The zero-order valence-electron chi connectivity index (χ0n) is 11.4. The highest BCUT2D eigenvalue weighted by Gasteiger charge is 2.13. The molecule has 0 saturated heterocycles. The van der Waals surface area contributed by atoms with E-state index in [1.165, 1.54) is 11.3 Å². The molecule has 114 valence electrons. The number of thiophene rings is 1. The van der Waals surface area contributed by atoms with Gasteiger partial charge < -0.3 is 15.0 Å². The second-order valence-electron chi connectivity index (χ2n) is 3.94. The molecule has 0 aliphatic rings. The highest BCUT2D eigenvalue weighted by atomic mass is 35.5. The molecule has 1 aromatic heterocycles. The van der Waals surface area contributed by atoms with Gasteiger partial charge in [-0.1, -0.05) is 17.7 Å². The van der Waals surface area contributed by atoms with Gasteiger partial charge in [-0.2, -0.15) is 0 Å². The first-order valence-electron chi connectivity index (χ1n) is 6.00. The Morgan fingerprint density at radius 2 is 2.35 bits per heavy atom. The Hall–Kier alpha value is -0.590. The van der Waals surface area contributed by atoms with Crippen molar-refractivity contribution in [1.82, 2.24) is 10.2 Å². The van der Waals surface area contributed by atoms with Crippen molar-refractivity contribution in [2.45, 2.75) is 6.54 Å². The smallest absolute Gasteiger partial charge is 0.237 e. The first-order chi connectivity index (χ1) is 9.17. The minimum Gasteiger partial charge on any atom is -0.383 e. The van der Waals surface area contributed by atoms with Crippen molar-refractivity contribution in [1.29, 1.82) is 0 Å². The summed E-state index contributed by atoms with van der Waals surface area (Å²) in [5.74, 6) is 0.0422. The topological polar surface area (TPSA) is 41.6 Å². The molecule has 1 N–H and O–H groups in total. The van der Waals surface area contributed by atoms with E-state index < -0.39 is 0 Å². The van der Waals surface area contributed by atoms with Gasteiger partial charge in [0.25, 0.3) is 0 Å². The molecule has 0 aliphatic heterocycles. The van der Waals surface area contributed by atoms with Gasteiger partial charge in [-0.05, 0) is 12.1 Å². The molecule has 0 atom stereocenters. The summed E-state index contributed by atoms with van der Waals surface area (Å²) >= 11 is 7.38. The Morgan fingerprint density at radius 1 is 1.60 bits per heavy atom. The van der Waals surface area contributed by atoms with Crippen molar-refractivity contribution in [2.75, 3.05) is 33.4 Å². The standard InChI is InChI=1S/C13H19ClN2O2S.ClH/c1-3-7-16(10-11-4-5-12(14)19-11)13(17)9-15-6-8-18-2;/h3-5,15H,1,6-10H2,2H3;1H. The number of nitrogens with one attached hydrogen (secondary N) is 1. The fourth-order valence-corrected chi connectivity index (χ4v) is 2.62. The summed E-state index contributed by atoms with van der Waals surface area (Å²) in [7, 11) is 1.63. The molecular weight excluding hydrogens is 319 g/mol. The monoisotopic (exact) mass is 338 g/mol. The molecule has 1 aromatic rings. The van der Waals surface area contributed by atoms with E-state index in [-0.39, 0.29) is 18.3 Å². The molecule has 20 heavy (non-hydrogen) atoms. The number of methoxy groups -OCH3 is 1. The van der Waals surface area contributed by atoms with E-state index in [0.717, 1.165) is 9.21 Å². The number of hydrogen-bond acceptors (Lipinski definition) is 4. The summed E-state index contributed by atoms with van der Waals surface area (Å²) in [5.41, 5.74) is 0. The zero-order chi connectivity index (χ0) is 14.1. The molecule has 0 unspecified atom stereocenters. The Bertz CT molecular complexity index is 413. The van der Waals surface area contributed by atoms with Gasteiger partial charge in [0.05, 0.1) is 24.0 Å². The average Bonchev–Trinajstić information content (AvgIpc) is 2.79. The highest BCUT2D eigenvalue weighted by Crippen LogP contribution is 2.22. The van der Waals surface area contributed by atoms with Crippen LogP contribution in [-0.2, 0) is 16.1 Å². The Balaban J connectivity index is 0.00000361. The lowest BCUT2D eigenvalue weighted by Crippen LogP contribution is -2.38. The van der Waals surface area contributed by atoms with E-state index in [0.29, 0.717) is 32.8 Å². The quantitative estimate of drug-likeness (QED) is 0.555. The van der Waals surface area contributed by atoms with E-state index in [2.05, 4.69) is 11.9 Å². The van der Waals surface area contributed by atoms with Crippen LogP contribution in [0.15, 0.2) is 24.8 Å². The van der Waals surface area contributed by atoms with Crippen molar-refractivity contribution < 1.29 is 9.53 Å². The number of carbonyl (C=O) groups excluding carboxylic acids is 1. The molecule has 4 nitrogen and oxygen atoms in total. The van der Waals surface area contributed by atoms with E-state index >= 15 is 0 Å². The summed E-state index contributed by atoms with van der Waals surface area (Å²) in [6, 6.07) is 3.78. The van der Waals surface area contributed by atoms with E-state index in [1.54, 1.807) is 18.1 Å². The van der Waals surface area contributed by atoms with Gasteiger partial charge in [0.15, 0.2) is 0 Å². The van der Waals surface area contributed by atoms with Gasteiger partial charge in [-0.15, -0.1) is 30.3 Å². The largest absolute Gasteiger partial charge is 0.383 e. The van der Waals surface area contributed by atoms with Crippen LogP contribution < -0.4 is 5.32 Å². The number of amides is 1.